The van der Waals surface area contributed by atoms with E-state index in [1.165, 1.54) is 5.56 Å². The summed E-state index contributed by atoms with van der Waals surface area (Å²) in [4.78, 5) is 11.7. The Morgan fingerprint density at radius 1 is 0.909 bits per heavy atom. The summed E-state index contributed by atoms with van der Waals surface area (Å²) in [5.74, 6) is 0.429. The first-order valence-corrected chi connectivity index (χ1v) is 7.82. The molecule has 3 heteroatoms. The lowest BCUT2D eigenvalue weighted by Gasteiger charge is -2.10. The lowest BCUT2D eigenvalue weighted by Crippen LogP contribution is -2.13. The van der Waals surface area contributed by atoms with Gasteiger partial charge in [0.15, 0.2) is 0 Å². The van der Waals surface area contributed by atoms with Crippen LogP contribution in [0.2, 0.25) is 0 Å². The molecule has 0 aliphatic rings. The van der Waals surface area contributed by atoms with Gasteiger partial charge in [0.2, 0.25) is 5.91 Å². The normalized spacial score (nSPS) is 10.5. The number of rotatable bonds is 6. The van der Waals surface area contributed by atoms with E-state index in [0.717, 1.165) is 23.5 Å². The molecule has 2 aromatic carbocycles. The highest BCUT2D eigenvalue weighted by atomic mass is 16.1. The van der Waals surface area contributed by atoms with Gasteiger partial charge in [-0.15, -0.1) is 0 Å². The van der Waals surface area contributed by atoms with Gasteiger partial charge in [0.05, 0.1) is 0 Å². The minimum absolute atomic E-state index is 0.0610. The maximum absolute atomic E-state index is 11.7. The zero-order chi connectivity index (χ0) is 15.9. The number of carbonyl (C=O) groups excluding carboxylic acids is 1. The highest BCUT2D eigenvalue weighted by Crippen LogP contribution is 2.20. The van der Waals surface area contributed by atoms with Crippen LogP contribution in [0.15, 0.2) is 48.5 Å². The van der Waals surface area contributed by atoms with E-state index >= 15 is 0 Å². The lowest BCUT2D eigenvalue weighted by molar-refractivity contribution is -0.116. The molecule has 2 rings (SSSR count). The van der Waals surface area contributed by atoms with E-state index in [1.807, 2.05) is 38.1 Å². The molecule has 0 radical (unpaired) electrons. The highest BCUT2D eigenvalue weighted by molar-refractivity contribution is 5.91. The smallest absolute Gasteiger partial charge is 0.224 e. The average Bonchev–Trinajstić information content (AvgIpc) is 2.49. The van der Waals surface area contributed by atoms with Gasteiger partial charge in [0, 0.05) is 23.5 Å². The lowest BCUT2D eigenvalue weighted by atomic mass is 10.1. The van der Waals surface area contributed by atoms with Crippen LogP contribution in [0.3, 0.4) is 0 Å². The standard InChI is InChI=1S/C19H24N2O/c1-4-15-5-7-16(8-6-15)20-17-9-11-18(12-10-17)21-19(22)13-14(2)3/h5-12,14,20H,4,13H2,1-3H3,(H,21,22). The first-order valence-electron chi connectivity index (χ1n) is 7.82. The number of benzene rings is 2. The van der Waals surface area contributed by atoms with Gasteiger partial charge in [-0.25, -0.2) is 0 Å². The molecule has 0 aliphatic carbocycles. The van der Waals surface area contributed by atoms with Gasteiger partial charge in [-0.1, -0.05) is 32.9 Å². The molecule has 0 heterocycles. The number of amides is 1. The van der Waals surface area contributed by atoms with Crippen LogP contribution < -0.4 is 10.6 Å². The van der Waals surface area contributed by atoms with Gasteiger partial charge in [0.1, 0.15) is 0 Å². The zero-order valence-corrected chi connectivity index (χ0v) is 13.5. The van der Waals surface area contributed by atoms with Crippen molar-refractivity contribution in [2.24, 2.45) is 5.92 Å². The zero-order valence-electron chi connectivity index (χ0n) is 13.5. The fourth-order valence-corrected chi connectivity index (χ4v) is 2.21. The van der Waals surface area contributed by atoms with Crippen molar-refractivity contribution in [3.05, 3.63) is 54.1 Å². The van der Waals surface area contributed by atoms with E-state index in [4.69, 9.17) is 0 Å². The van der Waals surface area contributed by atoms with Crippen LogP contribution in [-0.2, 0) is 11.2 Å². The number of nitrogens with one attached hydrogen (secondary N) is 2. The van der Waals surface area contributed by atoms with Gasteiger partial charge in [-0.05, 0) is 54.3 Å². The first kappa shape index (κ1) is 16.1. The second-order valence-electron chi connectivity index (χ2n) is 5.90. The van der Waals surface area contributed by atoms with Gasteiger partial charge < -0.3 is 10.6 Å². The molecule has 0 unspecified atom stereocenters. The summed E-state index contributed by atoms with van der Waals surface area (Å²) in [7, 11) is 0. The number of carbonyl (C=O) groups is 1. The maximum Gasteiger partial charge on any atom is 0.224 e. The molecule has 2 N–H and O–H groups in total. The third kappa shape index (κ3) is 4.92. The van der Waals surface area contributed by atoms with Crippen molar-refractivity contribution in [2.45, 2.75) is 33.6 Å². The van der Waals surface area contributed by atoms with Crippen LogP contribution in [0, 0.1) is 5.92 Å². The molecule has 0 spiro atoms. The Balaban J connectivity index is 1.94. The van der Waals surface area contributed by atoms with Crippen LogP contribution in [0.5, 0.6) is 0 Å². The number of hydrogen-bond donors (Lipinski definition) is 2. The summed E-state index contributed by atoms with van der Waals surface area (Å²) >= 11 is 0. The predicted octanol–water partition coefficient (Wildman–Crippen LogP) is 4.98. The van der Waals surface area contributed by atoms with E-state index < -0.39 is 0 Å². The Morgan fingerprint density at radius 2 is 1.41 bits per heavy atom. The van der Waals surface area contributed by atoms with Crippen molar-refractivity contribution in [2.75, 3.05) is 10.6 Å². The molecule has 0 aliphatic heterocycles. The Labute approximate surface area is 132 Å². The van der Waals surface area contributed by atoms with Crippen molar-refractivity contribution in [1.82, 2.24) is 0 Å². The molecular formula is C19H24N2O. The Kier molecular flexibility index (Phi) is 5.59. The maximum atomic E-state index is 11.7. The Bertz CT molecular complexity index is 600. The predicted molar refractivity (Wildman–Crippen MR) is 93.6 cm³/mol. The van der Waals surface area contributed by atoms with Crippen molar-refractivity contribution in [1.29, 1.82) is 0 Å². The molecule has 1 amide bonds. The topological polar surface area (TPSA) is 41.1 Å². The summed E-state index contributed by atoms with van der Waals surface area (Å²) in [5.41, 5.74) is 4.23. The number of hydrogen-bond acceptors (Lipinski definition) is 2. The fourth-order valence-electron chi connectivity index (χ4n) is 2.21. The molecule has 116 valence electrons. The average molecular weight is 296 g/mol. The van der Waals surface area contributed by atoms with E-state index in [9.17, 15) is 4.79 Å². The van der Waals surface area contributed by atoms with Gasteiger partial charge >= 0.3 is 0 Å². The molecular weight excluding hydrogens is 272 g/mol. The molecule has 0 saturated carbocycles. The molecule has 0 saturated heterocycles. The van der Waals surface area contributed by atoms with Crippen molar-refractivity contribution < 1.29 is 4.79 Å². The summed E-state index contributed by atoms with van der Waals surface area (Å²) in [6, 6.07) is 16.2. The molecule has 0 aromatic heterocycles. The quantitative estimate of drug-likeness (QED) is 0.789. The van der Waals surface area contributed by atoms with E-state index in [2.05, 4.69) is 41.8 Å². The van der Waals surface area contributed by atoms with Crippen LogP contribution >= 0.6 is 0 Å². The third-order valence-corrected chi connectivity index (χ3v) is 3.41. The van der Waals surface area contributed by atoms with Crippen LogP contribution in [0.1, 0.15) is 32.8 Å². The molecule has 0 bridgehead atoms. The van der Waals surface area contributed by atoms with Crippen LogP contribution in [0.25, 0.3) is 0 Å². The van der Waals surface area contributed by atoms with E-state index in [0.29, 0.717) is 12.3 Å². The number of aryl methyl sites for hydroxylation is 1. The summed E-state index contributed by atoms with van der Waals surface area (Å²) in [6.45, 7) is 6.22. The first-order chi connectivity index (χ1) is 10.6. The molecule has 2 aromatic rings. The second kappa shape index (κ2) is 7.64. The number of anilines is 3. The minimum Gasteiger partial charge on any atom is -0.356 e. The third-order valence-electron chi connectivity index (χ3n) is 3.41. The minimum atomic E-state index is 0.0610. The molecule has 0 atom stereocenters. The van der Waals surface area contributed by atoms with E-state index in [1.54, 1.807) is 0 Å². The van der Waals surface area contributed by atoms with Crippen LogP contribution in [-0.4, -0.2) is 5.91 Å². The molecule has 3 nitrogen and oxygen atoms in total. The Morgan fingerprint density at radius 3 is 1.91 bits per heavy atom. The summed E-state index contributed by atoms with van der Waals surface area (Å²) in [5, 5.41) is 6.27. The highest BCUT2D eigenvalue weighted by Gasteiger charge is 2.05. The second-order valence-corrected chi connectivity index (χ2v) is 5.90. The summed E-state index contributed by atoms with van der Waals surface area (Å²) in [6.07, 6.45) is 1.59. The SMILES string of the molecule is CCc1ccc(Nc2ccc(NC(=O)CC(C)C)cc2)cc1. The summed E-state index contributed by atoms with van der Waals surface area (Å²) < 4.78 is 0. The van der Waals surface area contributed by atoms with Crippen molar-refractivity contribution in [3.63, 3.8) is 0 Å². The van der Waals surface area contributed by atoms with E-state index in [-0.39, 0.29) is 5.91 Å². The largest absolute Gasteiger partial charge is 0.356 e. The fraction of sp³-hybridized carbons (Fsp3) is 0.316. The monoisotopic (exact) mass is 296 g/mol. The van der Waals surface area contributed by atoms with Gasteiger partial charge in [-0.2, -0.15) is 0 Å². The van der Waals surface area contributed by atoms with Gasteiger partial charge in [-0.3, -0.25) is 4.79 Å². The molecule has 22 heavy (non-hydrogen) atoms. The molecule has 0 fully saturated rings. The van der Waals surface area contributed by atoms with Gasteiger partial charge in [0.25, 0.3) is 0 Å². The van der Waals surface area contributed by atoms with Crippen LogP contribution in [0.4, 0.5) is 17.1 Å². The van der Waals surface area contributed by atoms with Crippen molar-refractivity contribution in [3.8, 4) is 0 Å². The Hall–Kier alpha value is -2.29. The van der Waals surface area contributed by atoms with Crippen molar-refractivity contribution >= 4 is 23.0 Å².